The van der Waals surface area contributed by atoms with Gasteiger partial charge < -0.3 is 37.0 Å². The Morgan fingerprint density at radius 1 is 0.366 bits per heavy atom. The van der Waals surface area contributed by atoms with Crippen LogP contribution in [0.4, 0.5) is 0 Å². The highest BCUT2D eigenvalue weighted by atomic mass is 28.6. The van der Waals surface area contributed by atoms with Crippen LogP contribution in [0.15, 0.2) is 12.3 Å². The van der Waals surface area contributed by atoms with Crippen molar-refractivity contribution in [2.75, 3.05) is 0 Å². The molecule has 245 valence electrons. The van der Waals surface area contributed by atoms with Crippen molar-refractivity contribution in [2.24, 2.45) is 0 Å². The Labute approximate surface area is 264 Å². The summed E-state index contributed by atoms with van der Waals surface area (Å²) in [5.41, 5.74) is 1.66. The van der Waals surface area contributed by atoms with Gasteiger partial charge >= 0.3 is 35.9 Å². The molecule has 0 aliphatic heterocycles. The maximum atomic E-state index is 7.05. The predicted octanol–water partition coefficient (Wildman–Crippen LogP) is 7.93. The van der Waals surface area contributed by atoms with E-state index in [4.69, 9.17) is 37.0 Å². The van der Waals surface area contributed by atoms with Gasteiger partial charge in [0.15, 0.2) is 49.9 Å². The third-order valence-electron chi connectivity index (χ3n) is 3.88. The Morgan fingerprint density at radius 2 is 0.610 bits per heavy atom. The van der Waals surface area contributed by atoms with Gasteiger partial charge in [0.25, 0.3) is 0 Å². The van der Waals surface area contributed by atoms with Crippen LogP contribution in [0.25, 0.3) is 0 Å². The highest BCUT2D eigenvalue weighted by molar-refractivity contribution is 6.94. The molecule has 19 heteroatoms. The van der Waals surface area contributed by atoms with E-state index >= 15 is 0 Å². The summed E-state index contributed by atoms with van der Waals surface area (Å²) in [4.78, 5) is 0. The van der Waals surface area contributed by atoms with Crippen LogP contribution < -0.4 is 0 Å². The lowest BCUT2D eigenvalue weighted by molar-refractivity contribution is 0.139. The smallest absolute Gasteiger partial charge is 0.417 e. The summed E-state index contributed by atoms with van der Waals surface area (Å²) < 4.78 is 61.1. The Kier molecular flexibility index (Phi) is 15.1. The fourth-order valence-corrected chi connectivity index (χ4v) is 38.1. The first-order chi connectivity index (χ1) is 17.6. The van der Waals surface area contributed by atoms with Crippen LogP contribution in [0.5, 0.6) is 0 Å². The monoisotopic (exact) mass is 751 g/mol. The molecule has 0 saturated heterocycles. The maximum absolute atomic E-state index is 7.05. The molecular formula is C22H63O9Si10. The lowest BCUT2D eigenvalue weighted by atomic mass is 11.3. The molecule has 0 aliphatic rings. The van der Waals surface area contributed by atoms with Crippen LogP contribution in [0, 0.1) is 0 Å². The van der Waals surface area contributed by atoms with Crippen LogP contribution in [-0.2, 0) is 37.0 Å². The lowest BCUT2D eigenvalue weighted by Gasteiger charge is -2.46. The van der Waals surface area contributed by atoms with E-state index < -0.39 is 85.8 Å². The summed E-state index contributed by atoms with van der Waals surface area (Å²) in [5.74, 6) is 0. The quantitative estimate of drug-likeness (QED) is 0.122. The molecule has 0 rings (SSSR count). The first kappa shape index (κ1) is 42.5. The van der Waals surface area contributed by atoms with Gasteiger partial charge in [0.2, 0.25) is 0 Å². The van der Waals surface area contributed by atoms with Gasteiger partial charge in [0, 0.05) is 13.1 Å². The van der Waals surface area contributed by atoms with Crippen molar-refractivity contribution in [1.29, 1.82) is 0 Å². The molecule has 0 aromatic rings. The van der Waals surface area contributed by atoms with Crippen molar-refractivity contribution in [3.05, 3.63) is 12.3 Å². The van der Waals surface area contributed by atoms with Gasteiger partial charge in [-0.15, -0.1) is 6.58 Å². The lowest BCUT2D eigenvalue weighted by Crippen LogP contribution is -2.68. The molecule has 0 aromatic heterocycles. The Morgan fingerprint density at radius 3 is 0.780 bits per heavy atom. The zero-order chi connectivity index (χ0) is 33.1. The largest absolute Gasteiger partial charge is 0.547 e. The van der Waals surface area contributed by atoms with Gasteiger partial charge in [0.05, 0.1) is 0 Å². The molecule has 0 aromatic carbocycles. The van der Waals surface area contributed by atoms with E-state index in [0.717, 1.165) is 0 Å². The summed E-state index contributed by atoms with van der Waals surface area (Å²) in [6, 6.07) is 0. The van der Waals surface area contributed by atoms with Crippen molar-refractivity contribution in [2.45, 2.75) is 131 Å². The van der Waals surface area contributed by atoms with E-state index in [1.807, 2.05) is 13.1 Å². The summed E-state index contributed by atoms with van der Waals surface area (Å²) in [6.07, 6.45) is 0. The standard InChI is InChI=1S/C22H63O9Si10/c1-22-41(25-32(23-33(2,3)4)24-34(5,6)7,30-39(20,26-35(8,9)10)27-36(11,12)13)31-40(21,28-37(14,15)16)29-38(17,18)19/h22H,1H2,2-21H3. The average molecular weight is 753 g/mol. The van der Waals surface area contributed by atoms with Gasteiger partial charge in [0.1, 0.15) is 0 Å². The molecule has 0 spiro atoms. The van der Waals surface area contributed by atoms with Crippen LogP contribution in [0.1, 0.15) is 0 Å². The Balaban J connectivity index is 7.27. The molecule has 0 aliphatic carbocycles. The van der Waals surface area contributed by atoms with Crippen molar-refractivity contribution in [3.63, 3.8) is 0 Å². The van der Waals surface area contributed by atoms with Gasteiger partial charge in [-0.2, -0.15) is 0 Å². The molecule has 1 radical (unpaired) electrons. The Hall–Kier alpha value is 1.55. The summed E-state index contributed by atoms with van der Waals surface area (Å²) >= 11 is 0. The molecule has 0 atom stereocenters. The SMILES string of the molecule is C=C[Si](O[Si](O[Si](C)(C)C)O[Si](C)(C)C)(O[Si](C)(O[Si](C)(C)C)O[Si](C)(C)C)O[Si](C)(O[Si](C)(C)C)O[Si](C)(C)C. The zero-order valence-electron chi connectivity index (χ0n) is 30.0. The van der Waals surface area contributed by atoms with Crippen LogP contribution in [0.3, 0.4) is 0 Å². The summed E-state index contributed by atoms with van der Waals surface area (Å²) in [6.45, 7) is 46.4. The molecule has 9 nitrogen and oxygen atoms in total. The second-order valence-electron chi connectivity index (χ2n) is 16.4. The summed E-state index contributed by atoms with van der Waals surface area (Å²) in [5, 5.41) is 0. The molecule has 0 amide bonds. The van der Waals surface area contributed by atoms with E-state index in [2.05, 4.69) is 124 Å². The van der Waals surface area contributed by atoms with Gasteiger partial charge in [-0.3, -0.25) is 0 Å². The fourth-order valence-electron chi connectivity index (χ4n) is 3.73. The number of hydrogen-bond acceptors (Lipinski definition) is 9. The first-order valence-electron chi connectivity index (χ1n) is 14.4. The minimum absolute atomic E-state index is 1.66. The normalized spacial score (nSPS) is 15.5. The van der Waals surface area contributed by atoms with Crippen LogP contribution in [-0.4, -0.2) is 85.8 Å². The minimum atomic E-state index is -3.89. The van der Waals surface area contributed by atoms with Crippen LogP contribution in [0.2, 0.25) is 131 Å². The third kappa shape index (κ3) is 21.1. The molecule has 0 unspecified atom stereocenters. The average Bonchev–Trinajstić information content (AvgIpc) is 2.49. The molecule has 0 saturated carbocycles. The van der Waals surface area contributed by atoms with E-state index in [0.29, 0.717) is 0 Å². The molecule has 0 fully saturated rings. The number of rotatable bonds is 19. The topological polar surface area (TPSA) is 83.1 Å². The van der Waals surface area contributed by atoms with E-state index in [1.54, 1.807) is 5.70 Å². The molecule has 41 heavy (non-hydrogen) atoms. The molecular weight excluding hydrogens is 689 g/mol. The fraction of sp³-hybridized carbons (Fsp3) is 0.909. The van der Waals surface area contributed by atoms with Crippen molar-refractivity contribution < 1.29 is 37.0 Å². The van der Waals surface area contributed by atoms with Crippen molar-refractivity contribution in [3.8, 4) is 0 Å². The second kappa shape index (κ2) is 14.5. The molecule has 0 N–H and O–H groups in total. The van der Waals surface area contributed by atoms with Crippen molar-refractivity contribution >= 4 is 85.8 Å². The van der Waals surface area contributed by atoms with Crippen molar-refractivity contribution in [1.82, 2.24) is 0 Å². The Bertz CT molecular complexity index is 746. The number of hydrogen-bond donors (Lipinski definition) is 0. The van der Waals surface area contributed by atoms with Crippen LogP contribution >= 0.6 is 0 Å². The van der Waals surface area contributed by atoms with Gasteiger partial charge in [-0.25, -0.2) is 0 Å². The van der Waals surface area contributed by atoms with Gasteiger partial charge in [-0.05, 0) is 124 Å². The second-order valence-corrected chi connectivity index (χ2v) is 54.6. The molecule has 0 heterocycles. The highest BCUT2D eigenvalue weighted by Crippen LogP contribution is 2.33. The summed E-state index contributed by atoms with van der Waals surface area (Å²) in [7, 11) is -25.6. The molecule has 0 bridgehead atoms. The minimum Gasteiger partial charge on any atom is -0.417 e. The van der Waals surface area contributed by atoms with E-state index in [1.165, 1.54) is 0 Å². The van der Waals surface area contributed by atoms with Gasteiger partial charge in [-0.1, -0.05) is 0 Å². The highest BCUT2D eigenvalue weighted by Gasteiger charge is 2.60. The first-order valence-corrected chi connectivity index (χ1v) is 42.3. The zero-order valence-corrected chi connectivity index (χ0v) is 40.0. The van der Waals surface area contributed by atoms with E-state index in [9.17, 15) is 0 Å². The third-order valence-corrected chi connectivity index (χ3v) is 33.4. The maximum Gasteiger partial charge on any atom is 0.547 e. The predicted molar refractivity (Wildman–Crippen MR) is 195 cm³/mol. The van der Waals surface area contributed by atoms with E-state index in [-0.39, 0.29) is 0 Å².